The number of fused-ring (bicyclic) bond motifs is 2. The van der Waals surface area contributed by atoms with Crippen LogP contribution in [-0.4, -0.2) is 15.0 Å². The number of aromatic nitrogens is 3. The molecule has 0 fully saturated rings. The van der Waals surface area contributed by atoms with Crippen LogP contribution in [0.1, 0.15) is 40.7 Å². The van der Waals surface area contributed by atoms with Crippen molar-refractivity contribution in [3.63, 3.8) is 0 Å². The summed E-state index contributed by atoms with van der Waals surface area (Å²) in [6.45, 7) is 2.20. The average molecular weight is 365 g/mol. The summed E-state index contributed by atoms with van der Waals surface area (Å²) in [6, 6.07) is 17.4. The monoisotopic (exact) mass is 365 g/mol. The first kappa shape index (κ1) is 16.9. The lowest BCUT2D eigenvalue weighted by Gasteiger charge is -2.07. The van der Waals surface area contributed by atoms with Crippen molar-refractivity contribution in [3.05, 3.63) is 100 Å². The van der Waals surface area contributed by atoms with Gasteiger partial charge in [0.15, 0.2) is 0 Å². The van der Waals surface area contributed by atoms with Gasteiger partial charge < -0.3 is 4.98 Å². The number of benzene rings is 2. The molecule has 3 heteroatoms. The molecule has 0 atom stereocenters. The molecule has 2 aromatic heterocycles. The highest BCUT2D eigenvalue weighted by Crippen LogP contribution is 2.26. The lowest BCUT2D eigenvalue weighted by atomic mass is 10.0. The molecule has 28 heavy (non-hydrogen) atoms. The predicted molar refractivity (Wildman–Crippen MR) is 114 cm³/mol. The Labute approximate surface area is 165 Å². The molecule has 1 aliphatic carbocycles. The number of H-pyrrole nitrogens is 1. The quantitative estimate of drug-likeness (QED) is 0.522. The van der Waals surface area contributed by atoms with E-state index in [1.807, 2.05) is 18.5 Å². The van der Waals surface area contributed by atoms with E-state index in [-0.39, 0.29) is 0 Å². The number of rotatable bonds is 5. The van der Waals surface area contributed by atoms with Gasteiger partial charge in [0.25, 0.3) is 0 Å². The number of hydrogen-bond donors (Lipinski definition) is 1. The Balaban J connectivity index is 1.31. The minimum Gasteiger partial charge on any atom is -0.361 e. The highest BCUT2D eigenvalue weighted by Gasteiger charge is 2.10. The predicted octanol–water partition coefficient (Wildman–Crippen LogP) is 5.29. The number of allylic oxidation sites excluding steroid dienone is 1. The van der Waals surface area contributed by atoms with Gasteiger partial charge in [0.2, 0.25) is 0 Å². The number of nitrogens with one attached hydrogen (secondary N) is 1. The summed E-state index contributed by atoms with van der Waals surface area (Å²) in [6.07, 6.45) is 9.98. The Morgan fingerprint density at radius 2 is 2.00 bits per heavy atom. The second kappa shape index (κ2) is 7.08. The van der Waals surface area contributed by atoms with Gasteiger partial charge in [-0.2, -0.15) is 0 Å². The fourth-order valence-corrected chi connectivity index (χ4v) is 4.13. The number of aryl methyl sites for hydroxylation is 2. The first-order valence-corrected chi connectivity index (χ1v) is 9.89. The molecule has 4 aromatic rings. The Morgan fingerprint density at radius 1 is 1.04 bits per heavy atom. The van der Waals surface area contributed by atoms with Crippen LogP contribution >= 0.6 is 0 Å². The Hall–Kier alpha value is -3.20. The van der Waals surface area contributed by atoms with Crippen LogP contribution in [-0.2, 0) is 25.7 Å². The third-order valence-electron chi connectivity index (χ3n) is 5.55. The van der Waals surface area contributed by atoms with Gasteiger partial charge in [-0.15, -0.1) is 0 Å². The topological polar surface area (TPSA) is 41.6 Å². The van der Waals surface area contributed by atoms with Crippen LogP contribution in [0.2, 0.25) is 0 Å². The zero-order chi connectivity index (χ0) is 18.9. The summed E-state index contributed by atoms with van der Waals surface area (Å²) in [5, 5.41) is 1.25. The SMILES string of the molecule is CC1=Cc2cc(CCc3ccnc(Cc4cccc5[nH]ccc45)n3)ccc2C1. The van der Waals surface area contributed by atoms with Gasteiger partial charge in [-0.05, 0) is 66.6 Å². The molecule has 0 spiro atoms. The molecule has 0 saturated heterocycles. The number of aromatic amines is 1. The summed E-state index contributed by atoms with van der Waals surface area (Å²) < 4.78 is 0. The van der Waals surface area contributed by atoms with Crippen molar-refractivity contribution in [1.82, 2.24) is 15.0 Å². The first-order valence-electron chi connectivity index (χ1n) is 9.89. The third-order valence-corrected chi connectivity index (χ3v) is 5.55. The van der Waals surface area contributed by atoms with E-state index in [9.17, 15) is 0 Å². The van der Waals surface area contributed by atoms with Gasteiger partial charge >= 0.3 is 0 Å². The Bertz CT molecular complexity index is 1180. The Kier molecular flexibility index (Phi) is 4.28. The maximum atomic E-state index is 4.83. The molecule has 0 radical (unpaired) electrons. The van der Waals surface area contributed by atoms with Gasteiger partial charge in [-0.1, -0.05) is 42.0 Å². The lowest BCUT2D eigenvalue weighted by molar-refractivity contribution is 0.860. The van der Waals surface area contributed by atoms with Crippen LogP contribution in [0.4, 0.5) is 0 Å². The van der Waals surface area contributed by atoms with Gasteiger partial charge in [0.1, 0.15) is 5.82 Å². The minimum absolute atomic E-state index is 0.756. The molecule has 2 aromatic carbocycles. The van der Waals surface area contributed by atoms with Gasteiger partial charge in [-0.3, -0.25) is 0 Å². The first-order chi connectivity index (χ1) is 13.7. The molecule has 0 saturated carbocycles. The smallest absolute Gasteiger partial charge is 0.132 e. The van der Waals surface area contributed by atoms with E-state index in [0.29, 0.717) is 0 Å². The summed E-state index contributed by atoms with van der Waals surface area (Å²) in [7, 11) is 0. The van der Waals surface area contributed by atoms with Gasteiger partial charge in [0.05, 0.1) is 0 Å². The van der Waals surface area contributed by atoms with E-state index in [0.717, 1.165) is 42.7 Å². The van der Waals surface area contributed by atoms with Crippen molar-refractivity contribution in [2.24, 2.45) is 0 Å². The highest BCUT2D eigenvalue weighted by atomic mass is 14.9. The normalized spacial score (nSPS) is 13.0. The maximum absolute atomic E-state index is 4.83. The molecule has 138 valence electrons. The highest BCUT2D eigenvalue weighted by molar-refractivity contribution is 5.83. The molecule has 0 aliphatic heterocycles. The zero-order valence-corrected chi connectivity index (χ0v) is 16.1. The third kappa shape index (κ3) is 3.36. The second-order valence-electron chi connectivity index (χ2n) is 7.70. The van der Waals surface area contributed by atoms with Crippen LogP contribution in [0.15, 0.2) is 66.5 Å². The molecular formula is C25H23N3. The molecule has 3 nitrogen and oxygen atoms in total. The van der Waals surface area contributed by atoms with E-state index in [1.165, 1.54) is 33.2 Å². The van der Waals surface area contributed by atoms with Crippen LogP contribution in [0.25, 0.3) is 17.0 Å². The summed E-state index contributed by atoms with van der Waals surface area (Å²) in [4.78, 5) is 12.6. The van der Waals surface area contributed by atoms with E-state index in [2.05, 4.69) is 65.4 Å². The maximum Gasteiger partial charge on any atom is 0.132 e. The molecule has 1 aliphatic rings. The van der Waals surface area contributed by atoms with Crippen LogP contribution in [0, 0.1) is 0 Å². The summed E-state index contributed by atoms with van der Waals surface area (Å²) in [5.74, 6) is 0.888. The molecule has 1 N–H and O–H groups in total. The van der Waals surface area contributed by atoms with E-state index in [4.69, 9.17) is 4.98 Å². The van der Waals surface area contributed by atoms with E-state index >= 15 is 0 Å². The largest absolute Gasteiger partial charge is 0.361 e. The fourth-order valence-electron chi connectivity index (χ4n) is 4.13. The average Bonchev–Trinajstić information content (AvgIpc) is 3.32. The van der Waals surface area contributed by atoms with Gasteiger partial charge in [-0.25, -0.2) is 9.97 Å². The lowest BCUT2D eigenvalue weighted by Crippen LogP contribution is -2.02. The van der Waals surface area contributed by atoms with Crippen molar-refractivity contribution in [2.45, 2.75) is 32.6 Å². The summed E-state index contributed by atoms with van der Waals surface area (Å²) >= 11 is 0. The molecule has 0 bridgehead atoms. The molecule has 2 heterocycles. The van der Waals surface area contributed by atoms with Crippen LogP contribution < -0.4 is 0 Å². The van der Waals surface area contributed by atoms with Crippen LogP contribution in [0.3, 0.4) is 0 Å². The molecule has 0 amide bonds. The number of nitrogens with zero attached hydrogens (tertiary/aromatic N) is 2. The molecular weight excluding hydrogens is 342 g/mol. The van der Waals surface area contributed by atoms with Gasteiger partial charge in [0, 0.05) is 35.4 Å². The van der Waals surface area contributed by atoms with E-state index in [1.54, 1.807) is 0 Å². The fraction of sp³-hybridized carbons (Fsp3) is 0.200. The van der Waals surface area contributed by atoms with E-state index < -0.39 is 0 Å². The van der Waals surface area contributed by atoms with Crippen LogP contribution in [0.5, 0.6) is 0 Å². The Morgan fingerprint density at radius 3 is 2.96 bits per heavy atom. The second-order valence-corrected chi connectivity index (χ2v) is 7.70. The summed E-state index contributed by atoms with van der Waals surface area (Å²) in [5.41, 5.74) is 9.19. The molecule has 5 rings (SSSR count). The standard InChI is InChI=1S/C25H23N3/c1-17-13-19-7-5-18(15-21(19)14-17)6-8-22-9-11-27-25(28-22)16-20-3-2-4-24-23(20)10-12-26-24/h2-5,7,9-12,14-15,26H,6,8,13,16H2,1H3. The minimum atomic E-state index is 0.756. The van der Waals surface area contributed by atoms with Crippen molar-refractivity contribution < 1.29 is 0 Å². The zero-order valence-electron chi connectivity index (χ0n) is 16.1. The number of hydrogen-bond acceptors (Lipinski definition) is 2. The van der Waals surface area contributed by atoms with Crippen molar-refractivity contribution in [1.29, 1.82) is 0 Å². The van der Waals surface area contributed by atoms with Crippen molar-refractivity contribution >= 4 is 17.0 Å². The van der Waals surface area contributed by atoms with Crippen molar-refractivity contribution in [3.8, 4) is 0 Å². The molecule has 0 unspecified atom stereocenters. The van der Waals surface area contributed by atoms with Crippen molar-refractivity contribution in [2.75, 3.05) is 0 Å².